The molecular weight excluding hydrogens is 254 g/mol. The lowest BCUT2D eigenvalue weighted by atomic mass is 10.3. The lowest BCUT2D eigenvalue weighted by Gasteiger charge is -2.09. The van der Waals surface area contributed by atoms with Crippen LogP contribution < -0.4 is 9.47 Å². The Bertz CT molecular complexity index is 523. The summed E-state index contributed by atoms with van der Waals surface area (Å²) in [5, 5.41) is 10.7. The monoisotopic (exact) mass is 267 g/mol. The normalized spacial score (nSPS) is 10.8. The van der Waals surface area contributed by atoms with Crippen molar-refractivity contribution < 1.29 is 23.9 Å². The Morgan fingerprint density at radius 1 is 1.32 bits per heavy atom. The van der Waals surface area contributed by atoms with Crippen molar-refractivity contribution in [3.05, 3.63) is 40.1 Å². The molecule has 0 saturated heterocycles. The Morgan fingerprint density at radius 3 is 2.53 bits per heavy atom. The molecule has 0 aromatic heterocycles. The minimum Gasteiger partial charge on any atom is -0.493 e. The smallest absolute Gasteiger partial charge is 0.333 e. The molecule has 7 heteroatoms. The Kier molecular flexibility index (Phi) is 4.87. The van der Waals surface area contributed by atoms with Crippen molar-refractivity contribution in [3.63, 3.8) is 0 Å². The lowest BCUT2D eigenvalue weighted by Crippen LogP contribution is -2.01. The van der Waals surface area contributed by atoms with Crippen LogP contribution in [0, 0.1) is 10.1 Å². The highest BCUT2D eigenvalue weighted by atomic mass is 16.6. The molecule has 0 N–H and O–H groups in total. The first kappa shape index (κ1) is 14.5. The van der Waals surface area contributed by atoms with Gasteiger partial charge in [-0.15, -0.1) is 0 Å². The summed E-state index contributed by atoms with van der Waals surface area (Å²) in [6.07, 6.45) is 1.12. The number of ether oxygens (including phenoxy) is 3. The van der Waals surface area contributed by atoms with Gasteiger partial charge >= 0.3 is 5.97 Å². The number of esters is 1. The van der Waals surface area contributed by atoms with Crippen molar-refractivity contribution in [3.8, 4) is 11.5 Å². The molecule has 0 radical (unpaired) electrons. The molecule has 7 nitrogen and oxygen atoms in total. The fraction of sp³-hybridized carbons (Fsp3) is 0.250. The van der Waals surface area contributed by atoms with Gasteiger partial charge in [0.15, 0.2) is 11.5 Å². The van der Waals surface area contributed by atoms with Gasteiger partial charge in [-0.25, -0.2) is 4.79 Å². The highest BCUT2D eigenvalue weighted by molar-refractivity contribution is 5.82. The third kappa shape index (κ3) is 3.98. The van der Waals surface area contributed by atoms with Gasteiger partial charge in [-0.2, -0.15) is 0 Å². The molecule has 0 spiro atoms. The second-order valence-corrected chi connectivity index (χ2v) is 3.47. The van der Waals surface area contributed by atoms with E-state index < -0.39 is 10.9 Å². The van der Waals surface area contributed by atoms with Gasteiger partial charge in [-0.1, -0.05) is 0 Å². The van der Waals surface area contributed by atoms with E-state index in [2.05, 4.69) is 4.74 Å². The van der Waals surface area contributed by atoms with Gasteiger partial charge in [0, 0.05) is 6.07 Å². The molecule has 0 unspecified atom stereocenters. The standard InChI is InChI=1S/C12H13NO6/c1-8(6-12(14)18-3)19-11-7-9(13(15)16)4-5-10(11)17-2/h4-7H,1-3H3. The number of carbonyl (C=O) groups excluding carboxylic acids is 1. The Labute approximate surface area is 109 Å². The van der Waals surface area contributed by atoms with Crippen LogP contribution in [0.1, 0.15) is 6.92 Å². The molecular formula is C12H13NO6. The summed E-state index contributed by atoms with van der Waals surface area (Å²) in [6.45, 7) is 1.52. The van der Waals surface area contributed by atoms with Crippen LogP contribution in [0.3, 0.4) is 0 Å². The van der Waals surface area contributed by atoms with Gasteiger partial charge in [-0.05, 0) is 13.0 Å². The van der Waals surface area contributed by atoms with E-state index in [4.69, 9.17) is 9.47 Å². The van der Waals surface area contributed by atoms with Gasteiger partial charge in [0.05, 0.1) is 31.3 Å². The first-order chi connectivity index (χ1) is 8.97. The molecule has 0 amide bonds. The molecule has 1 rings (SSSR count). The second kappa shape index (κ2) is 6.39. The van der Waals surface area contributed by atoms with E-state index in [-0.39, 0.29) is 17.2 Å². The average molecular weight is 267 g/mol. The van der Waals surface area contributed by atoms with Gasteiger partial charge < -0.3 is 14.2 Å². The molecule has 0 fully saturated rings. The maximum atomic E-state index is 11.0. The number of non-ortho nitro benzene ring substituents is 1. The predicted molar refractivity (Wildman–Crippen MR) is 66.0 cm³/mol. The number of allylic oxidation sites excluding steroid dienone is 1. The third-order valence-electron chi connectivity index (χ3n) is 2.15. The number of nitro groups is 1. The number of nitrogens with zero attached hydrogens (tertiary/aromatic N) is 1. The summed E-state index contributed by atoms with van der Waals surface area (Å²) in [6, 6.07) is 3.93. The van der Waals surface area contributed by atoms with E-state index in [1.165, 1.54) is 39.3 Å². The zero-order valence-electron chi connectivity index (χ0n) is 10.7. The molecule has 1 aromatic carbocycles. The number of hydrogen-bond acceptors (Lipinski definition) is 6. The molecule has 0 atom stereocenters. The van der Waals surface area contributed by atoms with Gasteiger partial charge in [-0.3, -0.25) is 10.1 Å². The second-order valence-electron chi connectivity index (χ2n) is 3.47. The van der Waals surface area contributed by atoms with Gasteiger partial charge in [0.1, 0.15) is 5.76 Å². The molecule has 0 heterocycles. The topological polar surface area (TPSA) is 87.9 Å². The van der Waals surface area contributed by atoms with E-state index in [0.29, 0.717) is 5.75 Å². The van der Waals surface area contributed by atoms with Crippen LogP contribution in [0.4, 0.5) is 5.69 Å². The number of carbonyl (C=O) groups is 1. The van der Waals surface area contributed by atoms with Gasteiger partial charge in [0.2, 0.25) is 0 Å². The highest BCUT2D eigenvalue weighted by Crippen LogP contribution is 2.32. The van der Waals surface area contributed by atoms with E-state index in [1.54, 1.807) is 0 Å². The van der Waals surface area contributed by atoms with Crippen LogP contribution >= 0.6 is 0 Å². The van der Waals surface area contributed by atoms with E-state index >= 15 is 0 Å². The van der Waals surface area contributed by atoms with Crippen LogP contribution in [0.15, 0.2) is 30.0 Å². The van der Waals surface area contributed by atoms with E-state index in [9.17, 15) is 14.9 Å². The number of benzene rings is 1. The molecule has 0 aliphatic rings. The van der Waals surface area contributed by atoms with Crippen molar-refractivity contribution in [1.29, 1.82) is 0 Å². The number of nitro benzene ring substituents is 1. The Balaban J connectivity index is 3.04. The Morgan fingerprint density at radius 2 is 2.00 bits per heavy atom. The molecule has 19 heavy (non-hydrogen) atoms. The third-order valence-corrected chi connectivity index (χ3v) is 2.15. The molecule has 1 aromatic rings. The largest absolute Gasteiger partial charge is 0.493 e. The van der Waals surface area contributed by atoms with Crippen molar-refractivity contribution in [2.75, 3.05) is 14.2 Å². The van der Waals surface area contributed by atoms with Crippen LogP contribution in [0.5, 0.6) is 11.5 Å². The molecule has 0 saturated carbocycles. The average Bonchev–Trinajstić information content (AvgIpc) is 2.38. The predicted octanol–water partition coefficient (Wildman–Crippen LogP) is 2.06. The number of methoxy groups -OCH3 is 2. The lowest BCUT2D eigenvalue weighted by molar-refractivity contribution is -0.384. The maximum Gasteiger partial charge on any atom is 0.333 e. The molecule has 102 valence electrons. The zero-order valence-corrected chi connectivity index (χ0v) is 10.7. The maximum absolute atomic E-state index is 11.0. The van der Waals surface area contributed by atoms with Crippen LogP contribution in [-0.2, 0) is 9.53 Å². The summed E-state index contributed by atoms with van der Waals surface area (Å²) in [5.41, 5.74) is -0.137. The van der Waals surface area contributed by atoms with Crippen molar-refractivity contribution >= 4 is 11.7 Å². The van der Waals surface area contributed by atoms with Crippen LogP contribution in [0.25, 0.3) is 0 Å². The first-order valence-electron chi connectivity index (χ1n) is 5.24. The summed E-state index contributed by atoms with van der Waals surface area (Å²) in [7, 11) is 2.65. The summed E-state index contributed by atoms with van der Waals surface area (Å²) < 4.78 is 14.8. The SMILES string of the molecule is COC(=O)C=C(C)Oc1cc([N+](=O)[O-])ccc1OC. The van der Waals surface area contributed by atoms with Gasteiger partial charge in [0.25, 0.3) is 5.69 Å². The number of rotatable bonds is 5. The quantitative estimate of drug-likeness (QED) is 0.267. The summed E-state index contributed by atoms with van der Waals surface area (Å²) in [4.78, 5) is 21.2. The molecule has 0 bridgehead atoms. The fourth-order valence-electron chi connectivity index (χ4n) is 1.29. The highest BCUT2D eigenvalue weighted by Gasteiger charge is 2.13. The zero-order chi connectivity index (χ0) is 14.4. The van der Waals surface area contributed by atoms with E-state index in [0.717, 1.165) is 6.08 Å². The minimum absolute atomic E-state index is 0.137. The van der Waals surface area contributed by atoms with E-state index in [1.807, 2.05) is 0 Å². The summed E-state index contributed by atoms with van der Waals surface area (Å²) in [5.74, 6) is 0.116. The summed E-state index contributed by atoms with van der Waals surface area (Å²) >= 11 is 0. The molecule has 0 aliphatic carbocycles. The minimum atomic E-state index is -0.582. The van der Waals surface area contributed by atoms with Crippen molar-refractivity contribution in [2.45, 2.75) is 6.92 Å². The molecule has 0 aliphatic heterocycles. The Hall–Kier alpha value is -2.57. The van der Waals surface area contributed by atoms with Crippen LogP contribution in [-0.4, -0.2) is 25.1 Å². The first-order valence-corrected chi connectivity index (χ1v) is 5.24. The van der Waals surface area contributed by atoms with Crippen molar-refractivity contribution in [2.24, 2.45) is 0 Å². The fourth-order valence-corrected chi connectivity index (χ4v) is 1.29. The van der Waals surface area contributed by atoms with Crippen molar-refractivity contribution in [1.82, 2.24) is 0 Å². The van der Waals surface area contributed by atoms with Crippen LogP contribution in [0.2, 0.25) is 0 Å². The number of hydrogen-bond donors (Lipinski definition) is 0.